The molecule has 2 aromatic heterocycles. The van der Waals surface area contributed by atoms with Gasteiger partial charge in [-0.3, -0.25) is 4.79 Å². The first-order valence-electron chi connectivity index (χ1n) is 7.15. The number of thiophene rings is 1. The third-order valence-electron chi connectivity index (χ3n) is 3.31. The molecule has 0 spiro atoms. The zero-order chi connectivity index (χ0) is 16.2. The lowest BCUT2D eigenvalue weighted by atomic mass is 10.2. The minimum atomic E-state index is -0.216. The third-order valence-corrected chi connectivity index (χ3v) is 4.48. The molecule has 23 heavy (non-hydrogen) atoms. The van der Waals surface area contributed by atoms with Crippen molar-refractivity contribution in [1.82, 2.24) is 4.98 Å². The number of methoxy groups -OCH3 is 1. The van der Waals surface area contributed by atoms with Crippen molar-refractivity contribution in [3.8, 4) is 16.2 Å². The lowest BCUT2D eigenvalue weighted by Gasteiger charge is -2.05. The maximum atomic E-state index is 12.5. The van der Waals surface area contributed by atoms with Gasteiger partial charge in [-0.1, -0.05) is 36.4 Å². The van der Waals surface area contributed by atoms with Crippen LogP contribution in [0.1, 0.15) is 15.4 Å². The molecule has 5 heteroatoms. The van der Waals surface area contributed by atoms with E-state index in [2.05, 4.69) is 10.3 Å². The van der Waals surface area contributed by atoms with Crippen LogP contribution in [0.2, 0.25) is 0 Å². The van der Waals surface area contributed by atoms with E-state index in [1.807, 2.05) is 55.5 Å². The van der Waals surface area contributed by atoms with Crippen molar-refractivity contribution in [1.29, 1.82) is 0 Å². The molecule has 0 fully saturated rings. The van der Waals surface area contributed by atoms with Gasteiger partial charge >= 0.3 is 0 Å². The Bertz CT molecular complexity index is 828. The van der Waals surface area contributed by atoms with Gasteiger partial charge in [0.05, 0.1) is 7.11 Å². The van der Waals surface area contributed by atoms with Crippen molar-refractivity contribution in [2.24, 2.45) is 0 Å². The number of ether oxygens (including phenoxy) is 1. The Morgan fingerprint density at radius 3 is 2.61 bits per heavy atom. The molecule has 0 unspecified atom stereocenters. The Hall–Kier alpha value is -2.66. The van der Waals surface area contributed by atoms with Crippen LogP contribution in [-0.4, -0.2) is 18.0 Å². The molecule has 0 bridgehead atoms. The number of aromatic nitrogens is 1. The van der Waals surface area contributed by atoms with Crippen LogP contribution in [0.4, 0.5) is 5.82 Å². The molecule has 116 valence electrons. The van der Waals surface area contributed by atoms with E-state index in [1.165, 1.54) is 11.3 Å². The zero-order valence-electron chi connectivity index (χ0n) is 12.9. The average Bonchev–Trinajstić information content (AvgIpc) is 3.00. The quantitative estimate of drug-likeness (QED) is 0.775. The van der Waals surface area contributed by atoms with Crippen LogP contribution in [-0.2, 0) is 0 Å². The molecule has 0 saturated heterocycles. The molecule has 0 aliphatic heterocycles. The van der Waals surface area contributed by atoms with Crippen LogP contribution >= 0.6 is 11.3 Å². The first kappa shape index (κ1) is 15.2. The predicted octanol–water partition coefficient (Wildman–Crippen LogP) is 4.38. The summed E-state index contributed by atoms with van der Waals surface area (Å²) in [5, 5.41) is 2.82. The molecular weight excluding hydrogens is 308 g/mol. The fourth-order valence-corrected chi connectivity index (χ4v) is 3.24. The highest BCUT2D eigenvalue weighted by molar-refractivity contribution is 7.17. The van der Waals surface area contributed by atoms with E-state index >= 15 is 0 Å². The summed E-state index contributed by atoms with van der Waals surface area (Å²) < 4.78 is 5.36. The van der Waals surface area contributed by atoms with Crippen molar-refractivity contribution in [3.63, 3.8) is 0 Å². The largest absolute Gasteiger partial charge is 0.495 e. The molecule has 1 N–H and O–H groups in total. The van der Waals surface area contributed by atoms with Crippen molar-refractivity contribution in [3.05, 3.63) is 65.2 Å². The Balaban J connectivity index is 1.90. The van der Waals surface area contributed by atoms with E-state index in [0.717, 1.165) is 16.1 Å². The van der Waals surface area contributed by atoms with Gasteiger partial charge in [-0.05, 0) is 30.7 Å². The van der Waals surface area contributed by atoms with E-state index in [1.54, 1.807) is 13.2 Å². The minimum absolute atomic E-state index is 0.216. The van der Waals surface area contributed by atoms with Crippen LogP contribution in [0.15, 0.2) is 54.6 Å². The van der Waals surface area contributed by atoms with E-state index in [-0.39, 0.29) is 5.91 Å². The molecule has 3 rings (SSSR count). The predicted molar refractivity (Wildman–Crippen MR) is 93.2 cm³/mol. The SMILES string of the molecule is COc1cc(-c2ccccc2)sc1C(=O)Nc1cccc(C)n1. The number of aryl methyl sites for hydroxylation is 1. The zero-order valence-corrected chi connectivity index (χ0v) is 13.7. The summed E-state index contributed by atoms with van der Waals surface area (Å²) in [4.78, 5) is 18.3. The van der Waals surface area contributed by atoms with E-state index < -0.39 is 0 Å². The second-order valence-electron chi connectivity index (χ2n) is 4.99. The fourth-order valence-electron chi connectivity index (χ4n) is 2.21. The normalized spacial score (nSPS) is 10.3. The van der Waals surface area contributed by atoms with Crippen molar-refractivity contribution < 1.29 is 9.53 Å². The number of amides is 1. The van der Waals surface area contributed by atoms with Gasteiger partial charge in [0.2, 0.25) is 0 Å². The second-order valence-corrected chi connectivity index (χ2v) is 6.04. The van der Waals surface area contributed by atoms with E-state index in [9.17, 15) is 4.79 Å². The number of carbonyl (C=O) groups excluding carboxylic acids is 1. The highest BCUT2D eigenvalue weighted by atomic mass is 32.1. The first-order chi connectivity index (χ1) is 11.2. The van der Waals surface area contributed by atoms with Gasteiger partial charge in [-0.25, -0.2) is 4.98 Å². The summed E-state index contributed by atoms with van der Waals surface area (Å²) in [5.74, 6) is 0.887. The number of carbonyl (C=O) groups is 1. The summed E-state index contributed by atoms with van der Waals surface area (Å²) in [6, 6.07) is 17.3. The Morgan fingerprint density at radius 1 is 1.13 bits per heavy atom. The number of rotatable bonds is 4. The summed E-state index contributed by atoms with van der Waals surface area (Å²) in [6.07, 6.45) is 0. The summed E-state index contributed by atoms with van der Waals surface area (Å²) >= 11 is 1.40. The van der Waals surface area contributed by atoms with Gasteiger partial charge in [0.25, 0.3) is 5.91 Å². The molecule has 0 atom stereocenters. The summed E-state index contributed by atoms with van der Waals surface area (Å²) in [5.41, 5.74) is 1.91. The highest BCUT2D eigenvalue weighted by Crippen LogP contribution is 2.36. The second kappa shape index (κ2) is 6.62. The molecular formula is C18H16N2O2S. The number of benzene rings is 1. The molecule has 1 aromatic carbocycles. The van der Waals surface area contributed by atoms with Gasteiger partial charge in [0.1, 0.15) is 16.4 Å². The van der Waals surface area contributed by atoms with Crippen LogP contribution in [0.5, 0.6) is 5.75 Å². The maximum absolute atomic E-state index is 12.5. The number of nitrogens with zero attached hydrogens (tertiary/aromatic N) is 1. The molecule has 0 radical (unpaired) electrons. The van der Waals surface area contributed by atoms with Gasteiger partial charge in [0.15, 0.2) is 0 Å². The van der Waals surface area contributed by atoms with Crippen LogP contribution < -0.4 is 10.1 Å². The molecule has 4 nitrogen and oxygen atoms in total. The number of pyridine rings is 1. The van der Waals surface area contributed by atoms with Crippen molar-refractivity contribution >= 4 is 23.1 Å². The monoisotopic (exact) mass is 324 g/mol. The van der Waals surface area contributed by atoms with Crippen LogP contribution in [0, 0.1) is 6.92 Å². The molecule has 0 aliphatic rings. The van der Waals surface area contributed by atoms with Crippen LogP contribution in [0.25, 0.3) is 10.4 Å². The molecule has 2 heterocycles. The maximum Gasteiger partial charge on any atom is 0.270 e. The summed E-state index contributed by atoms with van der Waals surface area (Å²) in [6.45, 7) is 1.88. The molecule has 3 aromatic rings. The average molecular weight is 324 g/mol. The van der Waals surface area contributed by atoms with Gasteiger partial charge in [-0.15, -0.1) is 11.3 Å². The lowest BCUT2D eigenvalue weighted by Crippen LogP contribution is -2.12. The highest BCUT2D eigenvalue weighted by Gasteiger charge is 2.18. The Labute approximate surface area is 138 Å². The lowest BCUT2D eigenvalue weighted by molar-refractivity contribution is 0.102. The Morgan fingerprint density at radius 2 is 1.91 bits per heavy atom. The van der Waals surface area contributed by atoms with Gasteiger partial charge in [0, 0.05) is 10.6 Å². The van der Waals surface area contributed by atoms with Crippen molar-refractivity contribution in [2.75, 3.05) is 12.4 Å². The Kier molecular flexibility index (Phi) is 4.39. The van der Waals surface area contributed by atoms with E-state index in [0.29, 0.717) is 16.4 Å². The number of hydrogen-bond acceptors (Lipinski definition) is 4. The number of hydrogen-bond donors (Lipinski definition) is 1. The minimum Gasteiger partial charge on any atom is -0.495 e. The van der Waals surface area contributed by atoms with Gasteiger partial charge < -0.3 is 10.1 Å². The first-order valence-corrected chi connectivity index (χ1v) is 7.97. The van der Waals surface area contributed by atoms with Crippen molar-refractivity contribution in [2.45, 2.75) is 6.92 Å². The molecule has 0 saturated carbocycles. The topological polar surface area (TPSA) is 51.2 Å². The standard InChI is InChI=1S/C18H16N2O2S/c1-12-7-6-10-16(19-12)20-18(21)17-14(22-2)11-15(23-17)13-8-4-3-5-9-13/h3-11H,1-2H3,(H,19,20,21). The summed E-state index contributed by atoms with van der Waals surface area (Å²) in [7, 11) is 1.57. The van der Waals surface area contributed by atoms with E-state index in [4.69, 9.17) is 4.74 Å². The van der Waals surface area contributed by atoms with Gasteiger partial charge in [-0.2, -0.15) is 0 Å². The number of anilines is 1. The fraction of sp³-hybridized carbons (Fsp3) is 0.111. The smallest absolute Gasteiger partial charge is 0.270 e. The molecule has 0 aliphatic carbocycles. The number of nitrogens with one attached hydrogen (secondary N) is 1. The molecule has 1 amide bonds. The third kappa shape index (κ3) is 3.40. The van der Waals surface area contributed by atoms with Crippen LogP contribution in [0.3, 0.4) is 0 Å².